The van der Waals surface area contributed by atoms with Crippen LogP contribution in [0.2, 0.25) is 10.0 Å². The van der Waals surface area contributed by atoms with Gasteiger partial charge in [0.1, 0.15) is 48.6 Å². The molecule has 0 fully saturated rings. The van der Waals surface area contributed by atoms with E-state index in [0.29, 0.717) is 51.1 Å². The zero-order valence-electron chi connectivity index (χ0n) is 33.1. The average molecular weight is 870 g/mol. The number of carboxylic acids is 2. The number of aliphatic hydroxyl groups is 2. The minimum Gasteiger partial charge on any atom is -0.496 e. The molecule has 0 aliphatic rings. The fourth-order valence-electron chi connectivity index (χ4n) is 6.67. The quantitative estimate of drug-likeness (QED) is 0.0529. The van der Waals surface area contributed by atoms with Gasteiger partial charge in [-0.05, 0) is 65.1 Å². The first-order valence-corrected chi connectivity index (χ1v) is 19.6. The maximum atomic E-state index is 11.6. The van der Waals surface area contributed by atoms with Crippen molar-refractivity contribution in [1.82, 2.24) is 25.4 Å². The van der Waals surface area contributed by atoms with Crippen molar-refractivity contribution in [2.45, 2.75) is 51.9 Å². The van der Waals surface area contributed by atoms with E-state index in [2.05, 4.69) is 21.7 Å². The number of rotatable bonds is 20. The topological polar surface area (TPSA) is 221 Å². The summed E-state index contributed by atoms with van der Waals surface area (Å²) < 4.78 is 19.9. The monoisotopic (exact) mass is 868 g/mol. The summed E-state index contributed by atoms with van der Waals surface area (Å²) in [6.07, 6.45) is 4.83. The summed E-state index contributed by atoms with van der Waals surface area (Å²) in [6, 6.07) is 20.0. The molecule has 6 aromatic rings. The van der Waals surface area contributed by atoms with Crippen LogP contribution in [0, 0.1) is 18.3 Å². The zero-order chi connectivity index (χ0) is 43.6. The van der Waals surface area contributed by atoms with Crippen LogP contribution in [0.5, 0.6) is 17.2 Å². The van der Waals surface area contributed by atoms with Gasteiger partial charge in [0, 0.05) is 58.6 Å². The van der Waals surface area contributed by atoms with Gasteiger partial charge < -0.3 is 34.6 Å². The number of hydrogen-bond donors (Lipinski definition) is 6. The van der Waals surface area contributed by atoms with Crippen molar-refractivity contribution in [3.05, 3.63) is 134 Å². The van der Waals surface area contributed by atoms with Crippen molar-refractivity contribution < 1.29 is 44.2 Å². The summed E-state index contributed by atoms with van der Waals surface area (Å²) in [5.41, 5.74) is 7.54. The van der Waals surface area contributed by atoms with Gasteiger partial charge in [0.15, 0.2) is 0 Å². The fourth-order valence-corrected chi connectivity index (χ4v) is 7.16. The van der Waals surface area contributed by atoms with Crippen LogP contribution >= 0.6 is 23.2 Å². The Balaban J connectivity index is 1.23. The second-order valence-electron chi connectivity index (χ2n) is 14.0. The molecule has 15 nitrogen and oxygen atoms in total. The van der Waals surface area contributed by atoms with Crippen LogP contribution in [0.1, 0.15) is 38.9 Å². The first-order chi connectivity index (χ1) is 29.4. The van der Waals surface area contributed by atoms with E-state index in [4.69, 9.17) is 42.5 Å². The standard InChI is InChI=1S/C44H42Cl2N6O9/c1-25-28(24-61-42-13-41(60-23-27-9-26(14-47)15-48-16-27)30(11-36(42)46)18-50-38(22-54)44(57)58)5-3-6-32(25)33-7-4-8-39-34(33)19-51-52(39)20-31-12-40(59-2)29(10-35(31)45)17-49-37(21-53)43(55)56/h3-13,15-16,19,37-38,49-50,53-54H,17-18,20-24H2,1-2H3,(H,55,56)(H,57,58)/t37-,38-/m0/s1. The molecule has 0 saturated heterocycles. The number of nitriles is 1. The van der Waals surface area contributed by atoms with E-state index in [0.717, 1.165) is 38.7 Å². The van der Waals surface area contributed by atoms with Crippen LogP contribution < -0.4 is 24.8 Å². The molecule has 17 heteroatoms. The van der Waals surface area contributed by atoms with E-state index in [1.54, 1.807) is 42.7 Å². The molecular formula is C44H42Cl2N6O9. The second kappa shape index (κ2) is 20.3. The molecule has 0 saturated carbocycles. The Kier molecular flexibility index (Phi) is 14.8. The van der Waals surface area contributed by atoms with Gasteiger partial charge in [0.2, 0.25) is 0 Å². The van der Waals surface area contributed by atoms with Crippen molar-refractivity contribution in [3.8, 4) is 34.4 Å². The maximum absolute atomic E-state index is 11.6. The third-order valence-corrected chi connectivity index (χ3v) is 10.7. The number of halogens is 2. The molecule has 0 aliphatic heterocycles. The molecule has 4 aromatic carbocycles. The molecule has 2 aromatic heterocycles. The normalized spacial score (nSPS) is 12.1. The summed E-state index contributed by atoms with van der Waals surface area (Å²) in [6.45, 7) is 1.48. The van der Waals surface area contributed by atoms with Crippen LogP contribution in [-0.2, 0) is 42.4 Å². The van der Waals surface area contributed by atoms with E-state index < -0.39 is 37.2 Å². The molecule has 2 atom stereocenters. The van der Waals surface area contributed by atoms with E-state index in [1.807, 2.05) is 48.0 Å². The molecule has 61 heavy (non-hydrogen) atoms. The average Bonchev–Trinajstić information content (AvgIpc) is 3.67. The van der Waals surface area contributed by atoms with Crippen LogP contribution in [0.25, 0.3) is 22.0 Å². The highest BCUT2D eigenvalue weighted by molar-refractivity contribution is 6.32. The van der Waals surface area contributed by atoms with Crippen molar-refractivity contribution in [1.29, 1.82) is 5.26 Å². The fraction of sp³-hybridized carbons (Fsp3) is 0.250. The summed E-state index contributed by atoms with van der Waals surface area (Å²) in [5, 5.41) is 58.9. The number of ether oxygens (including phenoxy) is 3. The second-order valence-corrected chi connectivity index (χ2v) is 14.8. The number of pyridine rings is 1. The zero-order valence-corrected chi connectivity index (χ0v) is 34.6. The first kappa shape index (κ1) is 44.3. The van der Waals surface area contributed by atoms with Crippen LogP contribution in [-0.4, -0.2) is 79.5 Å². The highest BCUT2D eigenvalue weighted by Gasteiger charge is 2.21. The summed E-state index contributed by atoms with van der Waals surface area (Å²) in [7, 11) is 1.52. The number of nitrogens with one attached hydrogen (secondary N) is 2. The largest absolute Gasteiger partial charge is 0.496 e. The van der Waals surface area contributed by atoms with E-state index in [9.17, 15) is 35.3 Å². The lowest BCUT2D eigenvalue weighted by Crippen LogP contribution is -2.39. The maximum Gasteiger partial charge on any atom is 0.323 e. The highest BCUT2D eigenvalue weighted by atomic mass is 35.5. The van der Waals surface area contributed by atoms with Gasteiger partial charge in [0.05, 0.1) is 49.2 Å². The number of methoxy groups -OCH3 is 1. The van der Waals surface area contributed by atoms with E-state index in [1.165, 1.54) is 13.3 Å². The summed E-state index contributed by atoms with van der Waals surface area (Å²) in [5.74, 6) is -1.20. The lowest BCUT2D eigenvalue weighted by Gasteiger charge is -2.18. The number of hydrogen-bond acceptors (Lipinski definition) is 12. The van der Waals surface area contributed by atoms with Gasteiger partial charge >= 0.3 is 11.9 Å². The SMILES string of the molecule is COc1cc(Cn2ncc3c(-c4cccc(COc5cc(OCc6cncc(C#N)c6)c(CN[C@@H](CO)C(=O)O)cc5Cl)c4C)cccc32)c(Cl)cc1CN[C@@H](CO)C(=O)O. The number of aliphatic carboxylic acids is 2. The van der Waals surface area contributed by atoms with Crippen molar-refractivity contribution in [2.75, 3.05) is 20.3 Å². The van der Waals surface area contributed by atoms with E-state index in [-0.39, 0.29) is 31.3 Å². The number of aliphatic hydroxyl groups excluding tert-OH is 2. The molecule has 0 aliphatic carbocycles. The van der Waals surface area contributed by atoms with Crippen LogP contribution in [0.4, 0.5) is 0 Å². The van der Waals surface area contributed by atoms with Gasteiger partial charge in [-0.2, -0.15) is 10.4 Å². The molecule has 316 valence electrons. The summed E-state index contributed by atoms with van der Waals surface area (Å²) >= 11 is 13.5. The third-order valence-electron chi connectivity index (χ3n) is 10.0. The number of aromatic nitrogens is 3. The Bertz CT molecular complexity index is 2600. The molecule has 6 rings (SSSR count). The predicted octanol–water partition coefficient (Wildman–Crippen LogP) is 5.87. The van der Waals surface area contributed by atoms with Crippen LogP contribution in [0.15, 0.2) is 85.3 Å². The molecule has 0 amide bonds. The number of carbonyl (C=O) groups is 2. The molecule has 6 N–H and O–H groups in total. The molecular weight excluding hydrogens is 827 g/mol. The Morgan fingerprint density at radius 2 is 1.44 bits per heavy atom. The van der Waals surface area contributed by atoms with E-state index >= 15 is 0 Å². The number of fused-ring (bicyclic) bond motifs is 1. The van der Waals surface area contributed by atoms with Crippen molar-refractivity contribution >= 4 is 46.0 Å². The van der Waals surface area contributed by atoms with Gasteiger partial charge in [0.25, 0.3) is 0 Å². The van der Waals surface area contributed by atoms with Gasteiger partial charge in [-0.3, -0.25) is 29.9 Å². The Morgan fingerprint density at radius 1 is 0.787 bits per heavy atom. The Hall–Kier alpha value is -6.25. The minimum absolute atomic E-state index is 0.0144. The van der Waals surface area contributed by atoms with Gasteiger partial charge in [-0.1, -0.05) is 53.5 Å². The first-order valence-electron chi connectivity index (χ1n) is 18.9. The minimum atomic E-state index is -1.21. The number of nitrogens with zero attached hydrogens (tertiary/aromatic N) is 4. The predicted molar refractivity (Wildman–Crippen MR) is 227 cm³/mol. The molecule has 2 heterocycles. The van der Waals surface area contributed by atoms with Crippen molar-refractivity contribution in [3.63, 3.8) is 0 Å². The molecule has 0 bridgehead atoms. The molecule has 0 unspecified atom stereocenters. The number of carboxylic acid groups (broad SMARTS) is 2. The number of benzene rings is 4. The smallest absolute Gasteiger partial charge is 0.323 e. The van der Waals surface area contributed by atoms with Gasteiger partial charge in [-0.15, -0.1) is 0 Å². The molecule has 0 spiro atoms. The lowest BCUT2D eigenvalue weighted by atomic mass is 9.94. The van der Waals surface area contributed by atoms with Crippen LogP contribution in [0.3, 0.4) is 0 Å². The van der Waals surface area contributed by atoms with Gasteiger partial charge in [-0.25, -0.2) is 0 Å². The van der Waals surface area contributed by atoms with Crippen molar-refractivity contribution in [2.24, 2.45) is 0 Å². The highest BCUT2D eigenvalue weighted by Crippen LogP contribution is 2.37. The Morgan fingerprint density at radius 3 is 2.11 bits per heavy atom. The summed E-state index contributed by atoms with van der Waals surface area (Å²) in [4.78, 5) is 27.0. The Labute approximate surface area is 360 Å². The third kappa shape index (κ3) is 10.6. The molecule has 0 radical (unpaired) electrons. The lowest BCUT2D eigenvalue weighted by molar-refractivity contribution is -0.141.